The summed E-state index contributed by atoms with van der Waals surface area (Å²) in [4.78, 5) is 27.2. The van der Waals surface area contributed by atoms with E-state index in [1.54, 1.807) is 0 Å². The number of carbonyl (C=O) groups is 1. The normalized spacial score (nSPS) is 20.2. The van der Waals surface area contributed by atoms with Crippen LogP contribution in [0.25, 0.3) is 5.57 Å². The molecule has 4 rings (SSSR count). The van der Waals surface area contributed by atoms with Crippen molar-refractivity contribution in [2.75, 3.05) is 0 Å². The molecule has 1 saturated carbocycles. The van der Waals surface area contributed by atoms with Crippen LogP contribution in [0.15, 0.2) is 47.3 Å². The highest BCUT2D eigenvalue weighted by molar-refractivity contribution is 5.82. The van der Waals surface area contributed by atoms with Crippen LogP contribution in [0.4, 0.5) is 0 Å². The Morgan fingerprint density at radius 3 is 2.33 bits per heavy atom. The van der Waals surface area contributed by atoms with Crippen molar-refractivity contribution in [2.45, 2.75) is 57.4 Å². The third kappa shape index (κ3) is 3.90. The molecule has 2 aromatic rings. The van der Waals surface area contributed by atoms with Gasteiger partial charge in [-0.3, -0.25) is 9.59 Å². The monoisotopic (exact) mass is 362 g/mol. The predicted molar refractivity (Wildman–Crippen MR) is 108 cm³/mol. The Balaban J connectivity index is 1.73. The third-order valence-electron chi connectivity index (χ3n) is 5.53. The molecule has 4 nitrogen and oxygen atoms in total. The molecule has 1 aromatic heterocycles. The van der Waals surface area contributed by atoms with Crippen molar-refractivity contribution in [3.8, 4) is 0 Å². The molecule has 1 aliphatic carbocycles. The van der Waals surface area contributed by atoms with E-state index in [1.165, 1.54) is 5.56 Å². The van der Waals surface area contributed by atoms with Crippen molar-refractivity contribution in [1.29, 1.82) is 0 Å². The molecule has 2 heterocycles. The summed E-state index contributed by atoms with van der Waals surface area (Å²) in [6.45, 7) is 4.35. The number of pyridine rings is 1. The van der Waals surface area contributed by atoms with Crippen molar-refractivity contribution < 1.29 is 4.79 Å². The number of carbonyl (C=O) groups excluding carboxylic acids is 1. The Morgan fingerprint density at radius 1 is 1.04 bits per heavy atom. The molecule has 140 valence electrons. The molecule has 4 heteroatoms. The zero-order valence-electron chi connectivity index (χ0n) is 15.9. The molecule has 0 radical (unpaired) electrons. The molecule has 1 atom stereocenters. The van der Waals surface area contributed by atoms with Gasteiger partial charge in [0, 0.05) is 29.3 Å². The summed E-state index contributed by atoms with van der Waals surface area (Å²) >= 11 is 0. The van der Waals surface area contributed by atoms with Gasteiger partial charge in [-0.2, -0.15) is 0 Å². The highest BCUT2D eigenvalue weighted by atomic mass is 16.2. The van der Waals surface area contributed by atoms with E-state index in [0.717, 1.165) is 41.7 Å². The van der Waals surface area contributed by atoms with Crippen molar-refractivity contribution in [3.05, 3.63) is 75.2 Å². The first-order chi connectivity index (χ1) is 13.0. The number of nitrogens with one attached hydrogen (secondary N) is 2. The molecule has 2 fully saturated rings. The third-order valence-corrected chi connectivity index (χ3v) is 5.53. The maximum atomic E-state index is 12.5. The van der Waals surface area contributed by atoms with E-state index in [9.17, 15) is 9.59 Å². The van der Waals surface area contributed by atoms with Crippen LogP contribution in [-0.2, 0) is 4.79 Å². The molecule has 1 aliphatic heterocycles. The lowest BCUT2D eigenvalue weighted by molar-refractivity contribution is -0.119. The first kappa shape index (κ1) is 17.8. The van der Waals surface area contributed by atoms with E-state index < -0.39 is 0 Å². The molecular weight excluding hydrogens is 336 g/mol. The maximum absolute atomic E-state index is 12.5. The van der Waals surface area contributed by atoms with Crippen LogP contribution < -0.4 is 10.9 Å². The number of amides is 1. The quantitative estimate of drug-likeness (QED) is 0.842. The number of aromatic amines is 1. The minimum absolute atomic E-state index is 0.00360. The molecule has 1 amide bonds. The number of hydrogen-bond donors (Lipinski definition) is 2. The highest BCUT2D eigenvalue weighted by Crippen LogP contribution is 2.38. The Hall–Kier alpha value is -2.62. The van der Waals surface area contributed by atoms with Crippen LogP contribution in [0.3, 0.4) is 0 Å². The number of H-pyrrole nitrogens is 1. The molecule has 0 unspecified atom stereocenters. The van der Waals surface area contributed by atoms with Crippen LogP contribution in [0, 0.1) is 0 Å². The number of aromatic nitrogens is 1. The van der Waals surface area contributed by atoms with Gasteiger partial charge in [-0.15, -0.1) is 0 Å². The summed E-state index contributed by atoms with van der Waals surface area (Å²) in [6.07, 6.45) is 5.64. The molecule has 0 bridgehead atoms. The van der Waals surface area contributed by atoms with Gasteiger partial charge in [-0.25, -0.2) is 0 Å². The van der Waals surface area contributed by atoms with Crippen LogP contribution in [0.1, 0.15) is 73.8 Å². The molecule has 1 aromatic carbocycles. The number of benzene rings is 1. The first-order valence-electron chi connectivity index (χ1n) is 9.86. The van der Waals surface area contributed by atoms with Gasteiger partial charge >= 0.3 is 0 Å². The van der Waals surface area contributed by atoms with Gasteiger partial charge in [0.2, 0.25) is 5.91 Å². The molecule has 27 heavy (non-hydrogen) atoms. The summed E-state index contributed by atoms with van der Waals surface area (Å²) in [5, 5.41) is 3.00. The lowest BCUT2D eigenvalue weighted by atomic mass is 9.95. The lowest BCUT2D eigenvalue weighted by Crippen LogP contribution is -2.23. The van der Waals surface area contributed by atoms with Gasteiger partial charge in [0.1, 0.15) is 0 Å². The van der Waals surface area contributed by atoms with Crippen molar-refractivity contribution >= 4 is 11.5 Å². The van der Waals surface area contributed by atoms with E-state index in [4.69, 9.17) is 0 Å². The summed E-state index contributed by atoms with van der Waals surface area (Å²) in [5.74, 6) is 0.983. The van der Waals surface area contributed by atoms with Gasteiger partial charge in [0.25, 0.3) is 5.56 Å². The van der Waals surface area contributed by atoms with Crippen LogP contribution >= 0.6 is 0 Å². The Bertz CT molecular complexity index is 934. The molecule has 0 spiro atoms. The van der Waals surface area contributed by atoms with Gasteiger partial charge in [0.05, 0.1) is 0 Å². The second-order valence-electron chi connectivity index (χ2n) is 8.00. The van der Waals surface area contributed by atoms with Crippen LogP contribution in [0.2, 0.25) is 0 Å². The fourth-order valence-corrected chi connectivity index (χ4v) is 3.71. The summed E-state index contributed by atoms with van der Waals surface area (Å²) in [6, 6.07) is 12.5. The van der Waals surface area contributed by atoms with Gasteiger partial charge in [-0.1, -0.05) is 50.3 Å². The smallest absolute Gasteiger partial charge is 0.251 e. The van der Waals surface area contributed by atoms with Crippen LogP contribution in [-0.4, -0.2) is 16.9 Å². The molecule has 2 N–H and O–H groups in total. The molecular formula is C23H26N2O2. The summed E-state index contributed by atoms with van der Waals surface area (Å²) < 4.78 is 0. The number of hydrogen-bond acceptors (Lipinski definition) is 2. The molecule has 1 saturated heterocycles. The Morgan fingerprint density at radius 2 is 1.78 bits per heavy atom. The summed E-state index contributed by atoms with van der Waals surface area (Å²) in [5.41, 5.74) is 5.01. The second kappa shape index (κ2) is 7.18. The standard InChI is InChI=1S/C23H26N2O2/c1-14(2)15-3-5-17(6-4-15)20(13-18-9-12-22(26)24-18)21-11-10-19(16-7-8-16)23(27)25-21/h3-6,10-11,13-14,16,18H,7-9,12H2,1-2H3,(H,24,26)(H,25,27)/t18-/m1/s1. The predicted octanol–water partition coefficient (Wildman–Crippen LogP) is 4.09. The van der Waals surface area contributed by atoms with E-state index in [0.29, 0.717) is 18.3 Å². The highest BCUT2D eigenvalue weighted by Gasteiger charge is 2.26. The zero-order valence-corrected chi connectivity index (χ0v) is 15.9. The van der Waals surface area contributed by atoms with Gasteiger partial charge in [0.15, 0.2) is 0 Å². The van der Waals surface area contributed by atoms with E-state index in [2.05, 4.69) is 54.5 Å². The lowest BCUT2D eigenvalue weighted by Gasteiger charge is -2.14. The van der Waals surface area contributed by atoms with Gasteiger partial charge in [-0.05, 0) is 48.3 Å². The second-order valence-corrected chi connectivity index (χ2v) is 8.00. The van der Waals surface area contributed by atoms with E-state index in [1.807, 2.05) is 12.1 Å². The van der Waals surface area contributed by atoms with Crippen molar-refractivity contribution in [2.24, 2.45) is 0 Å². The van der Waals surface area contributed by atoms with Gasteiger partial charge < -0.3 is 10.3 Å². The zero-order chi connectivity index (χ0) is 19.0. The Labute approximate surface area is 159 Å². The van der Waals surface area contributed by atoms with Crippen molar-refractivity contribution in [3.63, 3.8) is 0 Å². The maximum Gasteiger partial charge on any atom is 0.251 e. The topological polar surface area (TPSA) is 62.0 Å². The van der Waals surface area contributed by atoms with E-state index >= 15 is 0 Å². The average Bonchev–Trinajstić information content (AvgIpc) is 3.41. The van der Waals surface area contributed by atoms with E-state index in [-0.39, 0.29) is 17.5 Å². The SMILES string of the molecule is CC(C)c1ccc(C(=C[C@H]2CCC(=O)N2)c2ccc(C3CC3)c(=O)[nH]2)cc1. The first-order valence-corrected chi connectivity index (χ1v) is 9.86. The molecule has 2 aliphatic rings. The Kier molecular flexibility index (Phi) is 4.73. The fraction of sp³-hybridized carbons (Fsp3) is 0.391. The minimum Gasteiger partial charge on any atom is -0.350 e. The van der Waals surface area contributed by atoms with Crippen molar-refractivity contribution in [1.82, 2.24) is 10.3 Å². The summed E-state index contributed by atoms with van der Waals surface area (Å²) in [7, 11) is 0. The largest absolute Gasteiger partial charge is 0.350 e. The average molecular weight is 362 g/mol. The number of rotatable bonds is 5. The van der Waals surface area contributed by atoms with Crippen LogP contribution in [0.5, 0.6) is 0 Å². The minimum atomic E-state index is 0.00360. The fourth-order valence-electron chi connectivity index (χ4n) is 3.71.